The molecular formula is C29H27N3O3S. The largest absolute Gasteiger partial charge is 0.440 e. The number of benzene rings is 3. The Morgan fingerprint density at radius 2 is 1.50 bits per heavy atom. The molecule has 0 saturated heterocycles. The fourth-order valence-electron chi connectivity index (χ4n) is 4.39. The highest BCUT2D eigenvalue weighted by Gasteiger charge is 2.21. The van der Waals surface area contributed by atoms with Crippen molar-refractivity contribution in [2.75, 3.05) is 6.26 Å². The van der Waals surface area contributed by atoms with Crippen molar-refractivity contribution in [3.05, 3.63) is 95.9 Å². The van der Waals surface area contributed by atoms with E-state index in [2.05, 4.69) is 4.98 Å². The fraction of sp³-hybridized carbons (Fsp3) is 0.172. The summed E-state index contributed by atoms with van der Waals surface area (Å²) in [5.41, 5.74) is 7.20. The molecule has 0 spiro atoms. The molecule has 0 bridgehead atoms. The summed E-state index contributed by atoms with van der Waals surface area (Å²) in [6, 6.07) is 21.2. The first-order valence-electron chi connectivity index (χ1n) is 11.6. The van der Waals surface area contributed by atoms with Gasteiger partial charge in [0, 0.05) is 30.5 Å². The molecule has 0 saturated carbocycles. The minimum Gasteiger partial charge on any atom is -0.440 e. The Morgan fingerprint density at radius 1 is 0.806 bits per heavy atom. The summed E-state index contributed by atoms with van der Waals surface area (Å²) in [6.45, 7) is 7.82. The van der Waals surface area contributed by atoms with Gasteiger partial charge >= 0.3 is 0 Å². The maximum Gasteiger partial charge on any atom is 0.192 e. The molecule has 6 nitrogen and oxygen atoms in total. The van der Waals surface area contributed by atoms with Gasteiger partial charge in [-0.05, 0) is 56.2 Å². The van der Waals surface area contributed by atoms with Gasteiger partial charge in [0.25, 0.3) is 0 Å². The molecule has 0 fully saturated rings. The monoisotopic (exact) mass is 497 g/mol. The summed E-state index contributed by atoms with van der Waals surface area (Å²) in [5.74, 6) is 2.11. The van der Waals surface area contributed by atoms with Crippen LogP contribution in [-0.2, 0) is 9.84 Å². The van der Waals surface area contributed by atoms with Gasteiger partial charge in [-0.25, -0.2) is 18.4 Å². The summed E-state index contributed by atoms with van der Waals surface area (Å²) in [4.78, 5) is 9.67. The van der Waals surface area contributed by atoms with Gasteiger partial charge in [-0.3, -0.25) is 0 Å². The van der Waals surface area contributed by atoms with Crippen LogP contribution in [0.3, 0.4) is 0 Å². The standard InChI is InChI=1S/C29H27N3O3S/c1-18-9-11-22(12-10-18)29-28(31-21(4)35-29)26-16-24(23-7-6-8-25(15-23)36(5,33)34)13-14-27(26)32-17-19(2)30-20(32)3/h6-17H,1-5H3. The maximum atomic E-state index is 12.2. The van der Waals surface area contributed by atoms with Crippen LogP contribution >= 0.6 is 0 Å². The lowest BCUT2D eigenvalue weighted by atomic mass is 9.97. The van der Waals surface area contributed by atoms with E-state index in [1.807, 2.05) is 87.0 Å². The van der Waals surface area contributed by atoms with E-state index in [1.165, 1.54) is 6.26 Å². The highest BCUT2D eigenvalue weighted by atomic mass is 32.2. The molecule has 0 aliphatic carbocycles. The van der Waals surface area contributed by atoms with Crippen molar-refractivity contribution in [2.45, 2.75) is 32.6 Å². The predicted octanol–water partition coefficient (Wildman–Crippen LogP) is 6.50. The van der Waals surface area contributed by atoms with Crippen molar-refractivity contribution in [1.29, 1.82) is 0 Å². The molecule has 36 heavy (non-hydrogen) atoms. The number of hydrogen-bond donors (Lipinski definition) is 0. The molecule has 2 heterocycles. The van der Waals surface area contributed by atoms with E-state index in [0.717, 1.165) is 50.7 Å². The maximum absolute atomic E-state index is 12.2. The summed E-state index contributed by atoms with van der Waals surface area (Å²) >= 11 is 0. The second-order valence-electron chi connectivity index (χ2n) is 9.11. The van der Waals surface area contributed by atoms with Gasteiger partial charge in [0.1, 0.15) is 11.5 Å². The van der Waals surface area contributed by atoms with E-state index in [9.17, 15) is 8.42 Å². The summed E-state index contributed by atoms with van der Waals surface area (Å²) in [6.07, 6.45) is 3.22. The van der Waals surface area contributed by atoms with Crippen molar-refractivity contribution < 1.29 is 12.8 Å². The SMILES string of the molecule is Cc1ccc(-c2oc(C)nc2-c2cc(-c3cccc(S(C)(=O)=O)c3)ccc2-n2cc(C)nc2C)cc1. The van der Waals surface area contributed by atoms with Gasteiger partial charge in [0.15, 0.2) is 21.5 Å². The third-order valence-electron chi connectivity index (χ3n) is 6.16. The molecule has 0 N–H and O–H groups in total. The second-order valence-corrected chi connectivity index (χ2v) is 11.1. The number of hydrogen-bond acceptors (Lipinski definition) is 5. The van der Waals surface area contributed by atoms with Crippen LogP contribution in [-0.4, -0.2) is 29.2 Å². The molecule has 0 unspecified atom stereocenters. The van der Waals surface area contributed by atoms with Crippen molar-refractivity contribution in [3.63, 3.8) is 0 Å². The van der Waals surface area contributed by atoms with Crippen LogP contribution in [0, 0.1) is 27.7 Å². The first-order chi connectivity index (χ1) is 17.1. The van der Waals surface area contributed by atoms with Crippen molar-refractivity contribution in [1.82, 2.24) is 14.5 Å². The van der Waals surface area contributed by atoms with E-state index >= 15 is 0 Å². The minimum atomic E-state index is -3.33. The van der Waals surface area contributed by atoms with Crippen LogP contribution in [0.5, 0.6) is 0 Å². The van der Waals surface area contributed by atoms with Crippen LogP contribution in [0.4, 0.5) is 0 Å². The van der Waals surface area contributed by atoms with Gasteiger partial charge in [0.05, 0.1) is 16.3 Å². The highest BCUT2D eigenvalue weighted by molar-refractivity contribution is 7.90. The molecule has 7 heteroatoms. The number of nitrogens with zero attached hydrogens (tertiary/aromatic N) is 3. The average molecular weight is 498 g/mol. The summed E-state index contributed by atoms with van der Waals surface area (Å²) in [5, 5.41) is 0. The van der Waals surface area contributed by atoms with Crippen LogP contribution < -0.4 is 0 Å². The smallest absolute Gasteiger partial charge is 0.192 e. The van der Waals surface area contributed by atoms with Gasteiger partial charge in [-0.2, -0.15) is 0 Å². The van der Waals surface area contributed by atoms with E-state index in [1.54, 1.807) is 18.2 Å². The van der Waals surface area contributed by atoms with Crippen molar-refractivity contribution in [3.8, 4) is 39.4 Å². The topological polar surface area (TPSA) is 78.0 Å². The summed E-state index contributed by atoms with van der Waals surface area (Å²) in [7, 11) is -3.33. The Kier molecular flexibility index (Phi) is 5.88. The Morgan fingerprint density at radius 3 is 2.17 bits per heavy atom. The number of imidazole rings is 1. The lowest BCUT2D eigenvalue weighted by Gasteiger charge is -2.14. The van der Waals surface area contributed by atoms with Crippen LogP contribution in [0.25, 0.3) is 39.4 Å². The lowest BCUT2D eigenvalue weighted by molar-refractivity contribution is 0.534. The fourth-order valence-corrected chi connectivity index (χ4v) is 5.06. The zero-order chi connectivity index (χ0) is 25.6. The molecule has 0 aliphatic heterocycles. The average Bonchev–Trinajstić information content (AvgIpc) is 3.39. The summed E-state index contributed by atoms with van der Waals surface area (Å²) < 4.78 is 32.5. The third kappa shape index (κ3) is 4.50. The molecule has 182 valence electrons. The molecule has 0 atom stereocenters. The molecule has 2 aromatic heterocycles. The molecule has 0 amide bonds. The van der Waals surface area contributed by atoms with Gasteiger partial charge < -0.3 is 8.98 Å². The number of sulfone groups is 1. The van der Waals surface area contributed by atoms with Gasteiger partial charge in [-0.15, -0.1) is 0 Å². The molecule has 5 rings (SSSR count). The Balaban J connectivity index is 1.77. The molecule has 0 radical (unpaired) electrons. The Hall–Kier alpha value is -3.97. The molecule has 0 aliphatic rings. The Labute approximate surface area is 211 Å². The molecule has 5 aromatic rings. The quantitative estimate of drug-likeness (QED) is 0.277. The molecular weight excluding hydrogens is 470 g/mol. The second kappa shape index (κ2) is 8.91. The minimum absolute atomic E-state index is 0.282. The molecule has 3 aromatic carbocycles. The first kappa shape index (κ1) is 23.8. The van der Waals surface area contributed by atoms with E-state index < -0.39 is 9.84 Å². The van der Waals surface area contributed by atoms with Gasteiger partial charge in [0.2, 0.25) is 0 Å². The zero-order valence-electron chi connectivity index (χ0n) is 20.9. The zero-order valence-corrected chi connectivity index (χ0v) is 21.7. The van der Waals surface area contributed by atoms with Crippen LogP contribution in [0.1, 0.15) is 23.0 Å². The third-order valence-corrected chi connectivity index (χ3v) is 7.27. The van der Waals surface area contributed by atoms with E-state index in [4.69, 9.17) is 9.40 Å². The lowest BCUT2D eigenvalue weighted by Crippen LogP contribution is -2.00. The van der Waals surface area contributed by atoms with Crippen LogP contribution in [0.2, 0.25) is 0 Å². The van der Waals surface area contributed by atoms with E-state index in [-0.39, 0.29) is 4.90 Å². The van der Waals surface area contributed by atoms with Crippen molar-refractivity contribution in [2.24, 2.45) is 0 Å². The number of aryl methyl sites for hydroxylation is 4. The van der Waals surface area contributed by atoms with Crippen molar-refractivity contribution >= 4 is 9.84 Å². The van der Waals surface area contributed by atoms with Crippen LogP contribution in [0.15, 0.2) is 82.2 Å². The normalized spacial score (nSPS) is 11.7. The Bertz CT molecular complexity index is 1690. The number of oxazole rings is 1. The van der Waals surface area contributed by atoms with E-state index in [0.29, 0.717) is 11.7 Å². The van der Waals surface area contributed by atoms with Gasteiger partial charge in [-0.1, -0.05) is 48.0 Å². The first-order valence-corrected chi connectivity index (χ1v) is 13.5. The number of rotatable bonds is 5. The number of aromatic nitrogens is 3. The predicted molar refractivity (Wildman–Crippen MR) is 142 cm³/mol. The highest BCUT2D eigenvalue weighted by Crippen LogP contribution is 2.38.